The molecule has 0 radical (unpaired) electrons. The third-order valence-corrected chi connectivity index (χ3v) is 6.31. The number of aliphatic hydroxyl groups excluding tert-OH is 1. The molecule has 2 aromatic carbocycles. The van der Waals surface area contributed by atoms with Crippen molar-refractivity contribution >= 4 is 50.9 Å². The van der Waals surface area contributed by atoms with Gasteiger partial charge < -0.3 is 10.8 Å². The Morgan fingerprint density at radius 2 is 1.22 bits per heavy atom. The molecule has 128 valence electrons. The normalized spacial score (nSPS) is 9.43. The first kappa shape index (κ1) is 22.7. The Labute approximate surface area is 168 Å². The second-order valence-corrected chi connectivity index (χ2v) is 7.52. The summed E-state index contributed by atoms with van der Waals surface area (Å²) >= 11 is 4.69. The Hall–Kier alpha value is -0.340. The fourth-order valence-electron chi connectivity index (χ4n) is 2.04. The standard InChI is InChI=1S/C10H13I.C8H10IN.CH4O/c1-4-9-5-6-10(11)8(3)7(9)2;1-5-6(2)8(10)4-3-7(5)9;1-2/h5-6H,4H2,1-3H3;3-4H,10H2,1-2H3;2H,1H3. The van der Waals surface area contributed by atoms with E-state index in [1.807, 2.05) is 19.1 Å². The van der Waals surface area contributed by atoms with Crippen molar-refractivity contribution in [3.05, 3.63) is 59.2 Å². The van der Waals surface area contributed by atoms with Crippen molar-refractivity contribution in [1.29, 1.82) is 0 Å². The Kier molecular flexibility index (Phi) is 11.1. The molecule has 2 rings (SSSR count). The molecule has 23 heavy (non-hydrogen) atoms. The number of nitrogens with two attached hydrogens (primary N) is 1. The lowest BCUT2D eigenvalue weighted by atomic mass is 10.0. The molecular weight excluding hydrogens is 512 g/mol. The van der Waals surface area contributed by atoms with Crippen molar-refractivity contribution in [3.8, 4) is 0 Å². The van der Waals surface area contributed by atoms with Gasteiger partial charge in [0.2, 0.25) is 0 Å². The molecule has 0 amide bonds. The van der Waals surface area contributed by atoms with E-state index in [1.165, 1.54) is 35.0 Å². The predicted octanol–water partition coefficient (Wildman–Crippen LogP) is 5.57. The zero-order chi connectivity index (χ0) is 18.2. The molecule has 0 aliphatic carbocycles. The maximum absolute atomic E-state index is 7.00. The molecule has 0 fully saturated rings. The minimum Gasteiger partial charge on any atom is -0.400 e. The third-order valence-electron chi connectivity index (χ3n) is 3.98. The number of anilines is 1. The van der Waals surface area contributed by atoms with Gasteiger partial charge >= 0.3 is 0 Å². The van der Waals surface area contributed by atoms with Gasteiger partial charge in [0, 0.05) is 19.9 Å². The quantitative estimate of drug-likeness (QED) is 0.368. The molecule has 0 saturated heterocycles. The average Bonchev–Trinajstić information content (AvgIpc) is 2.57. The minimum atomic E-state index is 0.887. The molecular formula is C19H27I2NO. The number of rotatable bonds is 1. The van der Waals surface area contributed by atoms with E-state index in [1.54, 1.807) is 0 Å². The zero-order valence-electron chi connectivity index (χ0n) is 14.8. The van der Waals surface area contributed by atoms with E-state index in [9.17, 15) is 0 Å². The highest BCUT2D eigenvalue weighted by Gasteiger charge is 2.01. The highest BCUT2D eigenvalue weighted by atomic mass is 127. The van der Waals surface area contributed by atoms with E-state index >= 15 is 0 Å². The largest absolute Gasteiger partial charge is 0.400 e. The Balaban J connectivity index is 0.000000381. The summed E-state index contributed by atoms with van der Waals surface area (Å²) in [6.45, 7) is 10.7. The first-order valence-electron chi connectivity index (χ1n) is 7.50. The number of aryl methyl sites for hydroxylation is 1. The van der Waals surface area contributed by atoms with Gasteiger partial charge in [0.25, 0.3) is 0 Å². The first-order valence-corrected chi connectivity index (χ1v) is 9.65. The van der Waals surface area contributed by atoms with Crippen LogP contribution >= 0.6 is 45.2 Å². The van der Waals surface area contributed by atoms with Crippen molar-refractivity contribution in [2.45, 2.75) is 41.0 Å². The van der Waals surface area contributed by atoms with E-state index in [2.05, 4.69) is 85.0 Å². The summed E-state index contributed by atoms with van der Waals surface area (Å²) in [6.07, 6.45) is 1.14. The van der Waals surface area contributed by atoms with Gasteiger partial charge in [-0.15, -0.1) is 0 Å². The van der Waals surface area contributed by atoms with Crippen molar-refractivity contribution in [2.24, 2.45) is 0 Å². The fourth-order valence-corrected chi connectivity index (χ4v) is 3.20. The molecule has 0 heterocycles. The molecule has 0 spiro atoms. The maximum Gasteiger partial charge on any atom is 0.0347 e. The lowest BCUT2D eigenvalue weighted by Crippen LogP contribution is -1.93. The van der Waals surface area contributed by atoms with Gasteiger partial charge in [-0.3, -0.25) is 0 Å². The highest BCUT2D eigenvalue weighted by Crippen LogP contribution is 2.20. The number of nitrogen functional groups attached to an aromatic ring is 1. The van der Waals surface area contributed by atoms with Crippen LogP contribution in [0, 0.1) is 34.8 Å². The summed E-state index contributed by atoms with van der Waals surface area (Å²) in [5, 5.41) is 7.00. The van der Waals surface area contributed by atoms with Crippen LogP contribution in [-0.2, 0) is 6.42 Å². The number of hydrogen-bond donors (Lipinski definition) is 2. The summed E-state index contributed by atoms with van der Waals surface area (Å²) in [7, 11) is 1.00. The van der Waals surface area contributed by atoms with E-state index in [-0.39, 0.29) is 0 Å². The van der Waals surface area contributed by atoms with Crippen molar-refractivity contribution in [3.63, 3.8) is 0 Å². The summed E-state index contributed by atoms with van der Waals surface area (Å²) < 4.78 is 2.65. The van der Waals surface area contributed by atoms with Crippen molar-refractivity contribution in [2.75, 3.05) is 12.8 Å². The van der Waals surface area contributed by atoms with Gasteiger partial charge in [-0.2, -0.15) is 0 Å². The molecule has 2 aromatic rings. The van der Waals surface area contributed by atoms with Crippen LogP contribution in [0.25, 0.3) is 0 Å². The summed E-state index contributed by atoms with van der Waals surface area (Å²) in [5.41, 5.74) is 13.4. The maximum atomic E-state index is 7.00. The highest BCUT2D eigenvalue weighted by molar-refractivity contribution is 14.1. The summed E-state index contributed by atoms with van der Waals surface area (Å²) in [6, 6.07) is 8.41. The van der Waals surface area contributed by atoms with Crippen LogP contribution in [0.3, 0.4) is 0 Å². The van der Waals surface area contributed by atoms with Gasteiger partial charge in [-0.25, -0.2) is 0 Å². The molecule has 4 heteroatoms. The van der Waals surface area contributed by atoms with Gasteiger partial charge in [-0.1, -0.05) is 13.0 Å². The SMILES string of the molecule is CCc1ccc(I)c(C)c1C.CO.Cc1c(N)ccc(I)c1C. The second kappa shape index (κ2) is 11.3. The third kappa shape index (κ3) is 6.58. The van der Waals surface area contributed by atoms with Gasteiger partial charge in [-0.05, 0) is 125 Å². The topological polar surface area (TPSA) is 46.2 Å². The summed E-state index contributed by atoms with van der Waals surface area (Å²) in [5.74, 6) is 0. The van der Waals surface area contributed by atoms with E-state index in [0.29, 0.717) is 0 Å². The van der Waals surface area contributed by atoms with Crippen molar-refractivity contribution < 1.29 is 5.11 Å². The number of aliphatic hydroxyl groups is 1. The Morgan fingerprint density at radius 1 is 0.783 bits per heavy atom. The average molecular weight is 539 g/mol. The lowest BCUT2D eigenvalue weighted by molar-refractivity contribution is 0.399. The molecule has 0 bridgehead atoms. The zero-order valence-corrected chi connectivity index (χ0v) is 19.1. The molecule has 0 aromatic heterocycles. The molecule has 0 unspecified atom stereocenters. The predicted molar refractivity (Wildman–Crippen MR) is 119 cm³/mol. The smallest absolute Gasteiger partial charge is 0.0347 e. The molecule has 3 N–H and O–H groups in total. The van der Waals surface area contributed by atoms with E-state index in [0.717, 1.165) is 19.2 Å². The first-order chi connectivity index (χ1) is 10.8. The minimum absolute atomic E-state index is 0.887. The Bertz CT molecular complexity index is 613. The van der Waals surface area contributed by atoms with Gasteiger partial charge in [0.1, 0.15) is 0 Å². The van der Waals surface area contributed by atoms with Crippen LogP contribution in [0.4, 0.5) is 5.69 Å². The lowest BCUT2D eigenvalue weighted by Gasteiger charge is -2.07. The van der Waals surface area contributed by atoms with Crippen LogP contribution in [0.5, 0.6) is 0 Å². The molecule has 0 aliphatic rings. The molecule has 0 saturated carbocycles. The number of halogens is 2. The van der Waals surface area contributed by atoms with Crippen LogP contribution in [-0.4, -0.2) is 12.2 Å². The number of hydrogen-bond acceptors (Lipinski definition) is 2. The second-order valence-electron chi connectivity index (χ2n) is 5.20. The van der Waals surface area contributed by atoms with Crippen molar-refractivity contribution in [1.82, 2.24) is 0 Å². The van der Waals surface area contributed by atoms with Gasteiger partial charge in [0.05, 0.1) is 0 Å². The molecule has 0 atom stereocenters. The van der Waals surface area contributed by atoms with Crippen LogP contribution < -0.4 is 5.73 Å². The number of benzene rings is 2. The summed E-state index contributed by atoms with van der Waals surface area (Å²) in [4.78, 5) is 0. The van der Waals surface area contributed by atoms with Crippen LogP contribution in [0.1, 0.15) is 34.7 Å². The monoisotopic (exact) mass is 539 g/mol. The van der Waals surface area contributed by atoms with E-state index in [4.69, 9.17) is 10.8 Å². The van der Waals surface area contributed by atoms with Crippen LogP contribution in [0.2, 0.25) is 0 Å². The fraction of sp³-hybridized carbons (Fsp3) is 0.368. The Morgan fingerprint density at radius 3 is 1.65 bits per heavy atom. The van der Waals surface area contributed by atoms with Gasteiger partial charge in [0.15, 0.2) is 0 Å². The molecule has 2 nitrogen and oxygen atoms in total. The molecule has 0 aliphatic heterocycles. The van der Waals surface area contributed by atoms with Crippen LogP contribution in [0.15, 0.2) is 24.3 Å². The van der Waals surface area contributed by atoms with E-state index < -0.39 is 0 Å².